The van der Waals surface area contributed by atoms with Crippen LogP contribution in [0.4, 0.5) is 0 Å². The molecule has 4 rings (SSSR count). The van der Waals surface area contributed by atoms with Gasteiger partial charge in [0.2, 0.25) is 5.91 Å². The van der Waals surface area contributed by atoms with E-state index in [-0.39, 0.29) is 17.7 Å². The fourth-order valence-electron chi connectivity index (χ4n) is 5.26. The van der Waals surface area contributed by atoms with Crippen molar-refractivity contribution in [1.82, 2.24) is 20.6 Å². The van der Waals surface area contributed by atoms with Gasteiger partial charge in [0.15, 0.2) is 5.82 Å². The smallest absolute Gasteiger partial charge is 0.325 e. The number of nitrogens with one attached hydrogen (secondary N) is 2. The van der Waals surface area contributed by atoms with Crippen molar-refractivity contribution in [2.24, 2.45) is 0 Å². The van der Waals surface area contributed by atoms with Gasteiger partial charge in [-0.25, -0.2) is 9.97 Å². The first-order valence-corrected chi connectivity index (χ1v) is 17.8. The van der Waals surface area contributed by atoms with Gasteiger partial charge in [-0.2, -0.15) is 0 Å². The summed E-state index contributed by atoms with van der Waals surface area (Å²) in [5.74, 6) is -0.695. The van der Waals surface area contributed by atoms with Gasteiger partial charge in [-0.05, 0) is 66.6 Å². The van der Waals surface area contributed by atoms with Crippen molar-refractivity contribution < 1.29 is 24.2 Å². The van der Waals surface area contributed by atoms with E-state index in [0.717, 1.165) is 51.5 Å². The Bertz CT molecular complexity index is 1710. The molecule has 2 aromatic heterocycles. The predicted octanol–water partition coefficient (Wildman–Crippen LogP) is 7.76. The minimum absolute atomic E-state index is 0.116. The van der Waals surface area contributed by atoms with Gasteiger partial charge in [0, 0.05) is 34.8 Å². The maximum atomic E-state index is 13.2. The summed E-state index contributed by atoms with van der Waals surface area (Å²) < 4.78 is 5.96. The van der Waals surface area contributed by atoms with Gasteiger partial charge < -0.3 is 20.5 Å². The van der Waals surface area contributed by atoms with E-state index in [0.29, 0.717) is 10.7 Å². The van der Waals surface area contributed by atoms with Crippen molar-refractivity contribution in [3.63, 3.8) is 0 Å². The fraction of sp³-hybridized carbons (Fsp3) is 0.410. The lowest BCUT2D eigenvalue weighted by Gasteiger charge is -2.20. The normalized spacial score (nSPS) is 12.6. The fourth-order valence-corrected chi connectivity index (χ4v) is 6.23. The minimum atomic E-state index is -1.16. The number of aromatic nitrogens is 2. The Hall–Kier alpha value is -4.57. The quantitative estimate of drug-likeness (QED) is 0.103. The average Bonchev–Trinajstić information content (AvgIpc) is 3.58. The molecule has 0 aliphatic carbocycles. The van der Waals surface area contributed by atoms with Gasteiger partial charge in [0.25, 0.3) is 5.91 Å². The van der Waals surface area contributed by atoms with E-state index in [2.05, 4.69) is 61.3 Å². The number of carboxylic acid groups (broad SMARTS) is 1. The molecule has 4 aromatic rings. The Balaban J connectivity index is 1.42. The number of nitrogens with zero attached hydrogens (tertiary/aromatic N) is 2. The monoisotopic (exact) mass is 684 g/mol. The van der Waals surface area contributed by atoms with Crippen molar-refractivity contribution in [1.29, 1.82) is 0 Å². The van der Waals surface area contributed by atoms with Crippen LogP contribution >= 0.6 is 11.3 Å². The molecule has 260 valence electrons. The van der Waals surface area contributed by atoms with Crippen molar-refractivity contribution in [2.75, 3.05) is 6.61 Å². The van der Waals surface area contributed by atoms with E-state index in [1.165, 1.54) is 43.9 Å². The van der Waals surface area contributed by atoms with E-state index in [9.17, 15) is 19.5 Å². The molecule has 0 radical (unpaired) electrons. The molecule has 0 saturated heterocycles. The number of aliphatic carboxylic acids is 1. The average molecular weight is 685 g/mol. The molecule has 2 aromatic carbocycles. The molecule has 2 atom stereocenters. The summed E-state index contributed by atoms with van der Waals surface area (Å²) in [4.78, 5) is 48.5. The van der Waals surface area contributed by atoms with Crippen LogP contribution in [0, 0.1) is 6.92 Å². The zero-order valence-corrected chi connectivity index (χ0v) is 30.2. The summed E-state index contributed by atoms with van der Waals surface area (Å²) in [7, 11) is 0. The molecule has 2 unspecified atom stereocenters. The molecule has 3 N–H and O–H groups in total. The lowest BCUT2D eigenvalue weighted by atomic mass is 9.95. The van der Waals surface area contributed by atoms with Crippen LogP contribution in [0.1, 0.15) is 92.4 Å². The number of unbranched alkanes of at least 4 members (excludes halogenated alkanes) is 4. The summed E-state index contributed by atoms with van der Waals surface area (Å²) in [6, 6.07) is 15.1. The predicted molar refractivity (Wildman–Crippen MR) is 195 cm³/mol. The Kier molecular flexibility index (Phi) is 13.1. The van der Waals surface area contributed by atoms with Crippen LogP contribution in [0.3, 0.4) is 0 Å². The molecule has 9 nitrogen and oxygen atoms in total. The molecule has 0 fully saturated rings. The van der Waals surface area contributed by atoms with Crippen molar-refractivity contribution >= 4 is 29.1 Å². The van der Waals surface area contributed by atoms with Gasteiger partial charge in [0.1, 0.15) is 17.8 Å². The number of hydrogen-bond donors (Lipinski definition) is 3. The van der Waals surface area contributed by atoms with Crippen molar-refractivity contribution in [3.05, 3.63) is 87.9 Å². The van der Waals surface area contributed by atoms with Crippen LogP contribution in [-0.4, -0.2) is 51.5 Å². The van der Waals surface area contributed by atoms with E-state index >= 15 is 0 Å². The van der Waals surface area contributed by atoms with Crippen molar-refractivity contribution in [3.8, 4) is 28.3 Å². The molecule has 0 aliphatic rings. The summed E-state index contributed by atoms with van der Waals surface area (Å²) in [5, 5.41) is 14.6. The first-order valence-electron chi connectivity index (χ1n) is 16.9. The molecule has 10 heteroatoms. The zero-order valence-electron chi connectivity index (χ0n) is 29.3. The van der Waals surface area contributed by atoms with Crippen molar-refractivity contribution in [2.45, 2.75) is 97.6 Å². The molecule has 0 aliphatic heterocycles. The topological polar surface area (TPSA) is 131 Å². The lowest BCUT2D eigenvalue weighted by molar-refractivity contribution is -0.141. The number of amides is 2. The van der Waals surface area contributed by atoms with Crippen LogP contribution < -0.4 is 15.4 Å². The van der Waals surface area contributed by atoms with Crippen LogP contribution in [0.5, 0.6) is 5.75 Å². The number of carboxylic acids is 1. The SMILES string of the molecule is CCCCCCCOc1ccc(-c2cnc(-c3ccc(CC(NC(=O)c4ccc(C(C)(C)C)s4)C(=O)NC(C)C(=O)O)cc3)nc2)c(C)c1. The maximum absolute atomic E-state index is 13.2. The van der Waals surface area contributed by atoms with Crippen LogP contribution in [-0.2, 0) is 21.4 Å². The lowest BCUT2D eigenvalue weighted by Crippen LogP contribution is -2.51. The molecule has 0 saturated carbocycles. The summed E-state index contributed by atoms with van der Waals surface area (Å²) in [6.45, 7) is 12.6. The largest absolute Gasteiger partial charge is 0.494 e. The third-order valence-corrected chi connectivity index (χ3v) is 9.76. The number of benzene rings is 2. The van der Waals surface area contributed by atoms with Crippen LogP contribution in [0.25, 0.3) is 22.5 Å². The summed E-state index contributed by atoms with van der Waals surface area (Å²) in [6.07, 6.45) is 9.79. The van der Waals surface area contributed by atoms with E-state index in [1.54, 1.807) is 6.07 Å². The molecule has 2 heterocycles. The number of carbonyl (C=O) groups is 3. The second-order valence-electron chi connectivity index (χ2n) is 13.4. The van der Waals surface area contributed by atoms with Gasteiger partial charge in [0.05, 0.1) is 11.5 Å². The van der Waals surface area contributed by atoms with E-state index < -0.39 is 24.0 Å². The Morgan fingerprint density at radius 3 is 2.20 bits per heavy atom. The van der Waals surface area contributed by atoms with Gasteiger partial charge in [-0.3, -0.25) is 14.4 Å². The first kappa shape index (κ1) is 37.3. The highest BCUT2D eigenvalue weighted by Gasteiger charge is 2.26. The third-order valence-electron chi connectivity index (χ3n) is 8.25. The summed E-state index contributed by atoms with van der Waals surface area (Å²) in [5.41, 5.74) is 4.50. The number of carbonyl (C=O) groups excluding carboxylic acids is 2. The minimum Gasteiger partial charge on any atom is -0.494 e. The molecular formula is C39H48N4O5S. The standard InChI is InChI=1S/C39H48N4O5S/c1-7-8-9-10-11-20-48-30-16-17-31(25(2)21-30)29-23-40-35(41-24-29)28-14-12-27(13-15-28)22-32(36(44)42-26(3)38(46)47)43-37(45)33-18-19-34(49-33)39(4,5)6/h12-19,21,23-24,26,32H,7-11,20,22H2,1-6H3,(H,42,44)(H,43,45)(H,46,47). The van der Waals surface area contributed by atoms with E-state index in [1.807, 2.05) is 54.9 Å². The number of aryl methyl sites for hydroxylation is 1. The van der Waals surface area contributed by atoms with Crippen LogP contribution in [0.2, 0.25) is 0 Å². The number of hydrogen-bond acceptors (Lipinski definition) is 7. The van der Waals surface area contributed by atoms with Gasteiger partial charge in [-0.15, -0.1) is 11.3 Å². The van der Waals surface area contributed by atoms with Crippen LogP contribution in [0.15, 0.2) is 67.0 Å². The summed E-state index contributed by atoms with van der Waals surface area (Å²) >= 11 is 1.37. The van der Waals surface area contributed by atoms with Gasteiger partial charge >= 0.3 is 5.97 Å². The highest BCUT2D eigenvalue weighted by atomic mass is 32.1. The molecular weight excluding hydrogens is 637 g/mol. The molecule has 49 heavy (non-hydrogen) atoms. The molecule has 0 spiro atoms. The maximum Gasteiger partial charge on any atom is 0.325 e. The number of ether oxygens (including phenoxy) is 1. The van der Waals surface area contributed by atoms with Gasteiger partial charge in [-0.1, -0.05) is 83.7 Å². The highest BCUT2D eigenvalue weighted by molar-refractivity contribution is 7.14. The number of thiophene rings is 1. The first-order chi connectivity index (χ1) is 23.3. The number of rotatable bonds is 16. The highest BCUT2D eigenvalue weighted by Crippen LogP contribution is 2.30. The second-order valence-corrected chi connectivity index (χ2v) is 14.5. The zero-order chi connectivity index (χ0) is 35.6. The third kappa shape index (κ3) is 10.7. The Morgan fingerprint density at radius 1 is 0.898 bits per heavy atom. The molecule has 0 bridgehead atoms. The van der Waals surface area contributed by atoms with E-state index in [4.69, 9.17) is 4.74 Å². The Morgan fingerprint density at radius 2 is 1.59 bits per heavy atom. The Labute approximate surface area is 293 Å². The molecule has 2 amide bonds. The second kappa shape index (κ2) is 17.2.